The third kappa shape index (κ3) is 5.61. The van der Waals surface area contributed by atoms with E-state index in [1.165, 1.54) is 55.3 Å². The van der Waals surface area contributed by atoms with Gasteiger partial charge in [0.05, 0.1) is 0 Å². The molecule has 7 rings (SSSR count). The van der Waals surface area contributed by atoms with Crippen LogP contribution < -0.4 is 11.1 Å². The lowest BCUT2D eigenvalue weighted by Crippen LogP contribution is -2.14. The third-order valence-corrected chi connectivity index (χ3v) is 9.04. The Labute approximate surface area is 266 Å². The van der Waals surface area contributed by atoms with Crippen LogP contribution in [-0.4, -0.2) is 6.54 Å². The molecule has 2 heteroatoms. The lowest BCUT2D eigenvalue weighted by molar-refractivity contribution is 0.661. The van der Waals surface area contributed by atoms with E-state index in [0.717, 1.165) is 23.4 Å². The van der Waals surface area contributed by atoms with Crippen molar-refractivity contribution < 1.29 is 0 Å². The Hall–Kier alpha value is -5.18. The summed E-state index contributed by atoms with van der Waals surface area (Å²) in [5.41, 5.74) is 19.3. The number of hydrogen-bond acceptors (Lipinski definition) is 2. The second kappa shape index (κ2) is 12.1. The number of fused-ring (bicyclic) bond motifs is 4. The van der Waals surface area contributed by atoms with Gasteiger partial charge in [-0.25, -0.2) is 0 Å². The van der Waals surface area contributed by atoms with Crippen LogP contribution in [0.15, 0.2) is 146 Å². The van der Waals surface area contributed by atoms with E-state index in [9.17, 15) is 0 Å². The molecular weight excluding hydrogens is 544 g/mol. The largest absolute Gasteiger partial charge is 0.355 e. The van der Waals surface area contributed by atoms with Crippen molar-refractivity contribution in [1.82, 2.24) is 0 Å². The first kappa shape index (κ1) is 28.6. The molecule has 45 heavy (non-hydrogen) atoms. The van der Waals surface area contributed by atoms with E-state index in [-0.39, 0.29) is 5.41 Å². The molecule has 0 saturated heterocycles. The van der Waals surface area contributed by atoms with Gasteiger partial charge in [0.1, 0.15) is 0 Å². The van der Waals surface area contributed by atoms with Gasteiger partial charge < -0.3 is 11.1 Å². The molecule has 0 radical (unpaired) electrons. The normalized spacial score (nSPS) is 13.6. The summed E-state index contributed by atoms with van der Waals surface area (Å²) >= 11 is 0. The molecule has 1 aliphatic carbocycles. The Morgan fingerprint density at radius 1 is 0.689 bits per heavy atom. The van der Waals surface area contributed by atoms with Crippen LogP contribution in [0.5, 0.6) is 0 Å². The Kier molecular flexibility index (Phi) is 7.67. The number of benzene rings is 6. The Bertz CT molecular complexity index is 2060. The zero-order valence-corrected chi connectivity index (χ0v) is 25.9. The molecule has 0 saturated carbocycles. The second-order valence-corrected chi connectivity index (χ2v) is 12.4. The van der Waals surface area contributed by atoms with Crippen molar-refractivity contribution in [3.05, 3.63) is 173 Å². The predicted molar refractivity (Wildman–Crippen MR) is 193 cm³/mol. The minimum absolute atomic E-state index is 0.0733. The fourth-order valence-electron chi connectivity index (χ4n) is 6.73. The fraction of sp³-hybridized carbons (Fsp3) is 0.116. The average molecular weight is 583 g/mol. The van der Waals surface area contributed by atoms with Crippen LogP contribution in [0.2, 0.25) is 0 Å². The van der Waals surface area contributed by atoms with E-state index in [2.05, 4.69) is 159 Å². The molecule has 3 N–H and O–H groups in total. The summed E-state index contributed by atoms with van der Waals surface area (Å²) in [5.74, 6) is 0. The molecule has 0 atom stereocenters. The minimum atomic E-state index is -0.0733. The lowest BCUT2D eigenvalue weighted by atomic mass is 9.81. The number of para-hydroxylation sites is 1. The summed E-state index contributed by atoms with van der Waals surface area (Å²) in [4.78, 5) is 0. The van der Waals surface area contributed by atoms with Crippen molar-refractivity contribution in [1.29, 1.82) is 0 Å². The van der Waals surface area contributed by atoms with E-state index in [1.807, 2.05) is 12.1 Å². The summed E-state index contributed by atoms with van der Waals surface area (Å²) in [7, 11) is 0. The van der Waals surface area contributed by atoms with Crippen LogP contribution in [0, 0.1) is 0 Å². The van der Waals surface area contributed by atoms with Crippen molar-refractivity contribution in [2.24, 2.45) is 5.73 Å². The van der Waals surface area contributed by atoms with E-state index >= 15 is 0 Å². The molecule has 0 bridgehead atoms. The van der Waals surface area contributed by atoms with Gasteiger partial charge in [-0.2, -0.15) is 0 Å². The van der Waals surface area contributed by atoms with Gasteiger partial charge >= 0.3 is 0 Å². The molecule has 6 aromatic carbocycles. The highest BCUT2D eigenvalue weighted by molar-refractivity contribution is 5.98. The number of rotatable bonds is 8. The van der Waals surface area contributed by atoms with Gasteiger partial charge in [0, 0.05) is 23.3 Å². The highest BCUT2D eigenvalue weighted by Crippen LogP contribution is 2.53. The number of nitrogens with two attached hydrogens (primary N) is 1. The molecule has 0 heterocycles. The maximum Gasteiger partial charge on any atom is 0.0420 e. The van der Waals surface area contributed by atoms with Gasteiger partial charge in [-0.15, -0.1) is 0 Å². The third-order valence-electron chi connectivity index (χ3n) is 9.04. The minimum Gasteiger partial charge on any atom is -0.355 e. The molecule has 220 valence electrons. The molecule has 1 aliphatic rings. The second-order valence-electron chi connectivity index (χ2n) is 12.4. The number of allylic oxidation sites excluding steroid dienone is 1. The number of hydrogen-bond donors (Lipinski definition) is 2. The summed E-state index contributed by atoms with van der Waals surface area (Å²) in [6, 6.07) is 48.4. The monoisotopic (exact) mass is 582 g/mol. The van der Waals surface area contributed by atoms with E-state index in [0.29, 0.717) is 6.54 Å². The first-order valence-electron chi connectivity index (χ1n) is 15.8. The standard InChI is InChI=1S/C43H38N2/c1-43(2)39-22-10-21-37(42(39)38-28-32-15-6-7-16-33(32)29-40(38)43)34-17-9-18-35(27-34)41(45-36-19-4-3-5-20-36)24-23-31-13-8-12-30(26-31)14-11-25-44/h3-22,24,26-29,45H,23,25,44H2,1-2H3/b14-11-,41-24-. The summed E-state index contributed by atoms with van der Waals surface area (Å²) in [6.07, 6.45) is 7.18. The highest BCUT2D eigenvalue weighted by atomic mass is 14.9. The number of nitrogens with one attached hydrogen (secondary N) is 1. The smallest absolute Gasteiger partial charge is 0.0420 e. The Balaban J connectivity index is 1.31. The van der Waals surface area contributed by atoms with Crippen molar-refractivity contribution in [3.63, 3.8) is 0 Å². The summed E-state index contributed by atoms with van der Waals surface area (Å²) in [5, 5.41) is 6.30. The van der Waals surface area contributed by atoms with Crippen LogP contribution >= 0.6 is 0 Å². The summed E-state index contributed by atoms with van der Waals surface area (Å²) in [6.45, 7) is 5.26. The SMILES string of the molecule is CC1(C)c2cc3ccccc3cc2-c2c(-c3cccc(/C(=C/Cc4cccc(/C=C\CN)c4)Nc4ccccc4)c3)cccc21. The average Bonchev–Trinajstić information content (AvgIpc) is 3.30. The molecule has 0 fully saturated rings. The summed E-state index contributed by atoms with van der Waals surface area (Å²) < 4.78 is 0. The van der Waals surface area contributed by atoms with Crippen LogP contribution in [0.3, 0.4) is 0 Å². The Morgan fingerprint density at radius 2 is 1.44 bits per heavy atom. The van der Waals surface area contributed by atoms with E-state index in [4.69, 9.17) is 5.73 Å². The van der Waals surface area contributed by atoms with Gasteiger partial charge in [-0.3, -0.25) is 0 Å². The van der Waals surface area contributed by atoms with Crippen LogP contribution in [0.4, 0.5) is 5.69 Å². The van der Waals surface area contributed by atoms with Gasteiger partial charge in [-0.05, 0) is 97.6 Å². The maximum absolute atomic E-state index is 5.69. The molecule has 0 aromatic heterocycles. The van der Waals surface area contributed by atoms with Crippen molar-refractivity contribution >= 4 is 28.2 Å². The first-order chi connectivity index (χ1) is 22.0. The quantitative estimate of drug-likeness (QED) is 0.187. The first-order valence-corrected chi connectivity index (χ1v) is 15.8. The van der Waals surface area contributed by atoms with Gasteiger partial charge in [0.15, 0.2) is 0 Å². The zero-order valence-electron chi connectivity index (χ0n) is 25.9. The molecule has 0 amide bonds. The van der Waals surface area contributed by atoms with Gasteiger partial charge in [0.2, 0.25) is 0 Å². The topological polar surface area (TPSA) is 38.0 Å². The van der Waals surface area contributed by atoms with Crippen molar-refractivity contribution in [2.75, 3.05) is 11.9 Å². The van der Waals surface area contributed by atoms with E-state index < -0.39 is 0 Å². The molecule has 0 unspecified atom stereocenters. The molecule has 2 nitrogen and oxygen atoms in total. The molecule has 6 aromatic rings. The van der Waals surface area contributed by atoms with Gasteiger partial charge in [-0.1, -0.05) is 135 Å². The zero-order chi connectivity index (χ0) is 30.8. The van der Waals surface area contributed by atoms with Crippen LogP contribution in [-0.2, 0) is 11.8 Å². The van der Waals surface area contributed by atoms with Crippen LogP contribution in [0.1, 0.15) is 41.7 Å². The van der Waals surface area contributed by atoms with Crippen molar-refractivity contribution in [2.45, 2.75) is 25.7 Å². The molecule has 0 aliphatic heterocycles. The van der Waals surface area contributed by atoms with Crippen molar-refractivity contribution in [3.8, 4) is 22.3 Å². The maximum atomic E-state index is 5.69. The van der Waals surface area contributed by atoms with Gasteiger partial charge in [0.25, 0.3) is 0 Å². The Morgan fingerprint density at radius 3 is 2.27 bits per heavy atom. The fourth-order valence-corrected chi connectivity index (χ4v) is 6.73. The molecular formula is C43H38N2. The highest BCUT2D eigenvalue weighted by Gasteiger charge is 2.37. The number of anilines is 1. The van der Waals surface area contributed by atoms with E-state index in [1.54, 1.807) is 0 Å². The lowest BCUT2D eigenvalue weighted by Gasteiger charge is -2.22. The predicted octanol–water partition coefficient (Wildman–Crippen LogP) is 10.5. The molecule has 0 spiro atoms. The van der Waals surface area contributed by atoms with Crippen LogP contribution in [0.25, 0.3) is 44.8 Å².